The summed E-state index contributed by atoms with van der Waals surface area (Å²) in [4.78, 5) is 5.21. The summed E-state index contributed by atoms with van der Waals surface area (Å²) in [5.74, 6) is 0.174. The Morgan fingerprint density at radius 1 is 0.597 bits per heavy atom. The zero-order valence-corrected chi connectivity index (χ0v) is 34.9. The quantitative estimate of drug-likeness (QED) is 0.168. The van der Waals surface area contributed by atoms with Gasteiger partial charge in [-0.3, -0.25) is 0 Å². The molecule has 2 nitrogen and oxygen atoms in total. The molecule has 3 aliphatic rings. The molecule has 3 heteroatoms. The normalized spacial score (nSPS) is 16.2. The second kappa shape index (κ2) is 14.7. The molecule has 0 radical (unpaired) electrons. The lowest BCUT2D eigenvalue weighted by molar-refractivity contribution is 0.669. The number of para-hydroxylation sites is 1. The van der Waals surface area contributed by atoms with Gasteiger partial charge in [0.05, 0.1) is 11.6 Å². The topological polar surface area (TPSA) is 36.9 Å². The van der Waals surface area contributed by atoms with Crippen LogP contribution in [0.1, 0.15) is 57.7 Å². The lowest BCUT2D eigenvalue weighted by Crippen LogP contribution is -2.13. The molecule has 8 aromatic carbocycles. The largest absolute Gasteiger partial charge is 0.456 e. The first-order chi connectivity index (χ1) is 30.7. The van der Waals surface area contributed by atoms with Gasteiger partial charge in [0.15, 0.2) is 0 Å². The average molecular weight is 812 g/mol. The highest BCUT2D eigenvalue weighted by molar-refractivity contribution is 8.34. The fourth-order valence-electron chi connectivity index (χ4n) is 10.5. The van der Waals surface area contributed by atoms with E-state index in [4.69, 9.17) is 4.42 Å². The first-order valence-electron chi connectivity index (χ1n) is 21.5. The third-order valence-electron chi connectivity index (χ3n) is 13.2. The summed E-state index contributed by atoms with van der Waals surface area (Å²) in [6.45, 7) is 0. The van der Waals surface area contributed by atoms with E-state index in [1.54, 1.807) is 0 Å². The summed E-state index contributed by atoms with van der Waals surface area (Å²) in [6, 6.07) is 71.4. The average Bonchev–Trinajstić information content (AvgIpc) is 3.88. The second-order valence-electron chi connectivity index (χ2n) is 16.6. The van der Waals surface area contributed by atoms with Crippen LogP contribution in [0.15, 0.2) is 230 Å². The Morgan fingerprint density at radius 2 is 1.32 bits per heavy atom. The molecule has 0 amide bonds. The lowest BCUT2D eigenvalue weighted by Gasteiger charge is -2.42. The van der Waals surface area contributed by atoms with Gasteiger partial charge in [-0.2, -0.15) is 5.26 Å². The summed E-state index contributed by atoms with van der Waals surface area (Å²) < 4.78 is 6.38. The van der Waals surface area contributed by atoms with Crippen LogP contribution in [0.4, 0.5) is 0 Å². The van der Waals surface area contributed by atoms with Gasteiger partial charge in [-0.05, 0) is 165 Å². The third kappa shape index (κ3) is 5.64. The maximum atomic E-state index is 9.76. The van der Waals surface area contributed by atoms with Crippen molar-refractivity contribution in [3.05, 3.63) is 245 Å². The van der Waals surface area contributed by atoms with E-state index in [2.05, 4.69) is 206 Å². The van der Waals surface area contributed by atoms with Gasteiger partial charge in [0, 0.05) is 36.3 Å². The predicted molar refractivity (Wildman–Crippen MR) is 255 cm³/mol. The van der Waals surface area contributed by atoms with Gasteiger partial charge in [0.25, 0.3) is 0 Å². The van der Waals surface area contributed by atoms with Crippen molar-refractivity contribution < 1.29 is 4.42 Å². The van der Waals surface area contributed by atoms with Crippen molar-refractivity contribution in [2.75, 3.05) is 0 Å². The Labute approximate surface area is 363 Å². The molecular weight excluding hydrogens is 771 g/mol. The van der Waals surface area contributed by atoms with Gasteiger partial charge < -0.3 is 4.42 Å². The minimum absolute atomic E-state index is 0.174. The lowest BCUT2D eigenvalue weighted by atomic mass is 9.75. The number of hydrogen-bond acceptors (Lipinski definition) is 2. The van der Waals surface area contributed by atoms with Crippen molar-refractivity contribution in [2.24, 2.45) is 0 Å². The summed E-state index contributed by atoms with van der Waals surface area (Å²) in [5, 5.41) is 12.2. The van der Waals surface area contributed by atoms with Crippen LogP contribution >= 0.6 is 10.0 Å². The van der Waals surface area contributed by atoms with Crippen LogP contribution in [-0.2, 0) is 6.42 Å². The molecule has 0 bridgehead atoms. The van der Waals surface area contributed by atoms with Crippen LogP contribution in [0.2, 0.25) is 0 Å². The maximum absolute atomic E-state index is 9.76. The van der Waals surface area contributed by atoms with Crippen molar-refractivity contribution in [1.29, 1.82) is 5.26 Å². The molecule has 0 saturated heterocycles. The molecule has 1 heterocycles. The summed E-state index contributed by atoms with van der Waals surface area (Å²) >= 11 is 0. The molecule has 0 aliphatic heterocycles. The number of fused-ring (bicyclic) bond motifs is 9. The molecule has 1 unspecified atom stereocenters. The van der Waals surface area contributed by atoms with Gasteiger partial charge in [-0.15, -0.1) is 10.0 Å². The molecule has 0 fully saturated rings. The van der Waals surface area contributed by atoms with Gasteiger partial charge >= 0.3 is 0 Å². The molecule has 294 valence electrons. The molecule has 62 heavy (non-hydrogen) atoms. The zero-order chi connectivity index (χ0) is 41.2. The zero-order valence-electron chi connectivity index (χ0n) is 34.1. The number of nitrogens with zero attached hydrogens (tertiary/aromatic N) is 1. The van der Waals surface area contributed by atoms with Crippen LogP contribution in [0.3, 0.4) is 0 Å². The smallest absolute Gasteiger partial charge is 0.136 e. The van der Waals surface area contributed by atoms with E-state index in [1.165, 1.54) is 91.6 Å². The Kier molecular flexibility index (Phi) is 8.63. The molecule has 1 aromatic heterocycles. The van der Waals surface area contributed by atoms with Crippen LogP contribution in [0.5, 0.6) is 0 Å². The maximum Gasteiger partial charge on any atom is 0.136 e. The molecule has 0 N–H and O–H groups in total. The predicted octanol–water partition coefficient (Wildman–Crippen LogP) is 15.8. The van der Waals surface area contributed by atoms with E-state index in [0.29, 0.717) is 5.56 Å². The second-order valence-corrected chi connectivity index (χ2v) is 19.7. The van der Waals surface area contributed by atoms with Gasteiger partial charge in [-0.1, -0.05) is 121 Å². The fourth-order valence-corrected chi connectivity index (χ4v) is 14.4. The van der Waals surface area contributed by atoms with Crippen molar-refractivity contribution in [3.63, 3.8) is 0 Å². The third-order valence-corrected chi connectivity index (χ3v) is 17.1. The van der Waals surface area contributed by atoms with E-state index >= 15 is 0 Å². The summed E-state index contributed by atoms with van der Waals surface area (Å²) in [7, 11) is -1.96. The first kappa shape index (κ1) is 36.5. The number of nitriles is 1. The number of benzene rings is 8. The van der Waals surface area contributed by atoms with Crippen molar-refractivity contribution in [3.8, 4) is 17.2 Å². The molecule has 1 atom stereocenters. The monoisotopic (exact) mass is 811 g/mol. The Balaban J connectivity index is 1.01. The number of furan rings is 1. The van der Waals surface area contributed by atoms with E-state index in [-0.39, 0.29) is 5.92 Å². The Bertz CT molecular complexity index is 3340. The van der Waals surface area contributed by atoms with E-state index < -0.39 is 10.0 Å². The van der Waals surface area contributed by atoms with Gasteiger partial charge in [0.2, 0.25) is 0 Å². The number of hydrogen-bond donors (Lipinski definition) is 0. The number of rotatable bonds is 6. The SMILES string of the molecule is N#Cc1ccc2c(c1)-c1ccccc1C(c1cccc(S(c3ccccc3)(c3ccccc3)c3ccc(/C=C4/C5=C(CCC=C5)c5c4ccc4oc6ccccc6c54)cc3)c1)C2. The fraction of sp³-hybridized carbons (Fsp3) is 0.0678. The van der Waals surface area contributed by atoms with Crippen LogP contribution < -0.4 is 0 Å². The molecular formula is C59H41NOS. The molecule has 9 aromatic rings. The van der Waals surface area contributed by atoms with Gasteiger partial charge in [0.1, 0.15) is 11.2 Å². The van der Waals surface area contributed by atoms with E-state index in [9.17, 15) is 5.26 Å². The van der Waals surface area contributed by atoms with Crippen molar-refractivity contribution >= 4 is 49.2 Å². The summed E-state index contributed by atoms with van der Waals surface area (Å²) in [6.07, 6.45) is 10.0. The molecule has 0 saturated carbocycles. The van der Waals surface area contributed by atoms with Crippen LogP contribution in [0.25, 0.3) is 50.3 Å². The molecule has 12 rings (SSSR count). The highest BCUT2D eigenvalue weighted by Gasteiger charge is 2.35. The highest BCUT2D eigenvalue weighted by atomic mass is 32.3. The number of allylic oxidation sites excluding steroid dienone is 5. The highest BCUT2D eigenvalue weighted by Crippen LogP contribution is 2.73. The minimum atomic E-state index is -1.96. The minimum Gasteiger partial charge on any atom is -0.456 e. The Morgan fingerprint density at radius 3 is 2.13 bits per heavy atom. The van der Waals surface area contributed by atoms with Crippen molar-refractivity contribution in [1.82, 2.24) is 0 Å². The first-order valence-corrected chi connectivity index (χ1v) is 23.1. The van der Waals surface area contributed by atoms with Crippen LogP contribution in [-0.4, -0.2) is 0 Å². The standard InChI is InChI=1S/C59H41NOS/c60-38-40-26-29-42-37-54(48-21-8-7-20-47(48)53(42)35-40)41-14-13-19-46(36-41)62(43-15-3-1-4-16-43,44-17-5-2-6-18-44)45-30-27-39(28-31-45)34-55-49-22-9-10-23-50(49)58-51(55)32-33-57-59(58)52-24-11-12-25-56(52)61-57/h1-9,11-22,24-36,54H,10,23,37H2/b55-34-. The van der Waals surface area contributed by atoms with E-state index in [0.717, 1.165) is 30.4 Å². The molecule has 3 aliphatic carbocycles. The van der Waals surface area contributed by atoms with E-state index in [1.807, 2.05) is 6.07 Å². The van der Waals surface area contributed by atoms with Crippen molar-refractivity contribution in [2.45, 2.75) is 44.8 Å². The summed E-state index contributed by atoms with van der Waals surface area (Å²) in [5.41, 5.74) is 16.7. The van der Waals surface area contributed by atoms with Crippen LogP contribution in [0, 0.1) is 11.3 Å². The van der Waals surface area contributed by atoms with Gasteiger partial charge in [-0.25, -0.2) is 0 Å². The molecule has 0 spiro atoms. The Hall–Kier alpha value is -7.38.